The van der Waals surface area contributed by atoms with Crippen LogP contribution in [0.2, 0.25) is 0 Å². The number of hydrogen-bond acceptors (Lipinski definition) is 2. The van der Waals surface area contributed by atoms with Gasteiger partial charge in [0.15, 0.2) is 0 Å². The summed E-state index contributed by atoms with van der Waals surface area (Å²) < 4.78 is 1.82. The molecule has 0 aliphatic carbocycles. The summed E-state index contributed by atoms with van der Waals surface area (Å²) in [5, 5.41) is 7.39. The molecule has 3 heteroatoms. The second-order valence-electron chi connectivity index (χ2n) is 2.74. The van der Waals surface area contributed by atoms with Crippen LogP contribution in [0, 0.1) is 0 Å². The molecule has 1 aliphatic heterocycles. The number of nitrogens with one attached hydrogen (secondary N) is 1. The Morgan fingerprint density at radius 1 is 1.64 bits per heavy atom. The number of nitrogens with zero attached hydrogens (tertiary/aromatic N) is 2. The monoisotopic (exact) mass is 149 g/mol. The lowest BCUT2D eigenvalue weighted by atomic mass is 10.2. The minimum absolute atomic E-state index is 1.06. The van der Waals surface area contributed by atoms with Crippen molar-refractivity contribution in [3.05, 3.63) is 24.0 Å². The van der Waals surface area contributed by atoms with E-state index in [2.05, 4.69) is 16.5 Å². The summed E-state index contributed by atoms with van der Waals surface area (Å²) in [6, 6.07) is 0. The predicted octanol–water partition coefficient (Wildman–Crippen LogP) is 0.754. The van der Waals surface area contributed by atoms with Crippen LogP contribution in [0.3, 0.4) is 0 Å². The Balaban J connectivity index is 2.28. The van der Waals surface area contributed by atoms with E-state index < -0.39 is 0 Å². The molecule has 11 heavy (non-hydrogen) atoms. The molecule has 0 spiro atoms. The van der Waals surface area contributed by atoms with Crippen LogP contribution in [-0.2, 0) is 7.05 Å². The van der Waals surface area contributed by atoms with Crippen molar-refractivity contribution in [3.8, 4) is 0 Å². The van der Waals surface area contributed by atoms with Gasteiger partial charge in [-0.25, -0.2) is 0 Å². The zero-order valence-corrected chi connectivity index (χ0v) is 6.54. The first-order chi connectivity index (χ1) is 5.36. The molecule has 0 bridgehead atoms. The molecule has 0 saturated carbocycles. The number of aryl methyl sites for hydroxylation is 1. The number of rotatable bonds is 1. The average Bonchev–Trinajstić information content (AvgIpc) is 2.55. The first-order valence-electron chi connectivity index (χ1n) is 3.79. The van der Waals surface area contributed by atoms with Gasteiger partial charge in [-0.1, -0.05) is 6.08 Å². The second kappa shape index (κ2) is 2.42. The normalized spacial score (nSPS) is 16.3. The summed E-state index contributed by atoms with van der Waals surface area (Å²) in [5.41, 5.74) is 2.41. The zero-order valence-electron chi connectivity index (χ0n) is 6.54. The van der Waals surface area contributed by atoms with Gasteiger partial charge in [0.05, 0.1) is 6.20 Å². The van der Waals surface area contributed by atoms with Crippen LogP contribution in [0.4, 0.5) is 0 Å². The van der Waals surface area contributed by atoms with Crippen molar-refractivity contribution >= 4 is 5.70 Å². The third-order valence-corrected chi connectivity index (χ3v) is 1.82. The Bertz CT molecular complexity index is 285. The van der Waals surface area contributed by atoms with E-state index in [4.69, 9.17) is 0 Å². The van der Waals surface area contributed by atoms with Crippen molar-refractivity contribution in [2.45, 2.75) is 6.42 Å². The van der Waals surface area contributed by atoms with Crippen molar-refractivity contribution in [1.82, 2.24) is 15.1 Å². The van der Waals surface area contributed by atoms with E-state index in [1.54, 1.807) is 0 Å². The lowest BCUT2D eigenvalue weighted by molar-refractivity contribution is 0.767. The maximum absolute atomic E-state index is 4.10. The molecular weight excluding hydrogens is 138 g/mol. The van der Waals surface area contributed by atoms with Gasteiger partial charge in [0.2, 0.25) is 0 Å². The highest BCUT2D eigenvalue weighted by Gasteiger charge is 2.06. The van der Waals surface area contributed by atoms with Crippen molar-refractivity contribution in [3.63, 3.8) is 0 Å². The fourth-order valence-electron chi connectivity index (χ4n) is 1.28. The molecule has 0 unspecified atom stereocenters. The van der Waals surface area contributed by atoms with Crippen LogP contribution in [0.15, 0.2) is 18.5 Å². The standard InChI is InChI=1S/C8H11N3/c1-11-6-7(5-10-11)8-3-2-4-9-8/h3,5-6,9H,2,4H2,1H3. The van der Waals surface area contributed by atoms with Gasteiger partial charge >= 0.3 is 0 Å². The number of aromatic nitrogens is 2. The highest BCUT2D eigenvalue weighted by atomic mass is 15.2. The summed E-state index contributed by atoms with van der Waals surface area (Å²) in [4.78, 5) is 0. The topological polar surface area (TPSA) is 29.9 Å². The van der Waals surface area contributed by atoms with Crippen LogP contribution >= 0.6 is 0 Å². The van der Waals surface area contributed by atoms with Crippen LogP contribution in [0.25, 0.3) is 5.70 Å². The van der Waals surface area contributed by atoms with E-state index in [1.165, 1.54) is 11.3 Å². The summed E-state index contributed by atoms with van der Waals surface area (Å²) in [7, 11) is 1.93. The molecule has 58 valence electrons. The molecule has 1 aromatic heterocycles. The van der Waals surface area contributed by atoms with E-state index in [0.717, 1.165) is 13.0 Å². The molecular formula is C8H11N3. The van der Waals surface area contributed by atoms with Crippen LogP contribution in [-0.4, -0.2) is 16.3 Å². The van der Waals surface area contributed by atoms with Crippen LogP contribution < -0.4 is 5.32 Å². The highest BCUT2D eigenvalue weighted by Crippen LogP contribution is 2.14. The second-order valence-corrected chi connectivity index (χ2v) is 2.74. The maximum Gasteiger partial charge on any atom is 0.0582 e. The fourth-order valence-corrected chi connectivity index (χ4v) is 1.28. The molecule has 1 aromatic rings. The van der Waals surface area contributed by atoms with Crippen molar-refractivity contribution in [1.29, 1.82) is 0 Å². The molecule has 1 aliphatic rings. The predicted molar refractivity (Wildman–Crippen MR) is 43.8 cm³/mol. The minimum atomic E-state index is 1.06. The van der Waals surface area contributed by atoms with Gasteiger partial charge in [-0.2, -0.15) is 5.10 Å². The molecule has 2 heterocycles. The number of hydrogen-bond donors (Lipinski definition) is 1. The van der Waals surface area contributed by atoms with E-state index in [9.17, 15) is 0 Å². The first kappa shape index (κ1) is 6.46. The van der Waals surface area contributed by atoms with Gasteiger partial charge in [-0.3, -0.25) is 4.68 Å². The summed E-state index contributed by atoms with van der Waals surface area (Å²) in [6.07, 6.45) is 7.23. The Morgan fingerprint density at radius 3 is 3.09 bits per heavy atom. The van der Waals surface area contributed by atoms with E-state index in [0.29, 0.717) is 0 Å². The first-order valence-corrected chi connectivity index (χ1v) is 3.79. The molecule has 0 atom stereocenters. The molecule has 3 nitrogen and oxygen atoms in total. The third kappa shape index (κ3) is 1.13. The molecule has 0 saturated heterocycles. The van der Waals surface area contributed by atoms with E-state index in [-0.39, 0.29) is 0 Å². The molecule has 1 N–H and O–H groups in total. The summed E-state index contributed by atoms with van der Waals surface area (Å²) in [5.74, 6) is 0. The minimum Gasteiger partial charge on any atom is -0.384 e. The summed E-state index contributed by atoms with van der Waals surface area (Å²) in [6.45, 7) is 1.06. The zero-order chi connectivity index (χ0) is 7.68. The SMILES string of the molecule is Cn1cc(C2=CCCN2)cn1. The molecule has 0 amide bonds. The largest absolute Gasteiger partial charge is 0.384 e. The Morgan fingerprint density at radius 2 is 2.55 bits per heavy atom. The average molecular weight is 149 g/mol. The van der Waals surface area contributed by atoms with Crippen molar-refractivity contribution in [2.75, 3.05) is 6.54 Å². The van der Waals surface area contributed by atoms with Gasteiger partial charge < -0.3 is 5.32 Å². The summed E-state index contributed by atoms with van der Waals surface area (Å²) >= 11 is 0. The lowest BCUT2D eigenvalue weighted by Crippen LogP contribution is -2.05. The van der Waals surface area contributed by atoms with E-state index in [1.807, 2.05) is 24.1 Å². The Hall–Kier alpha value is -1.25. The lowest BCUT2D eigenvalue weighted by Gasteiger charge is -1.97. The highest BCUT2D eigenvalue weighted by molar-refractivity contribution is 5.64. The van der Waals surface area contributed by atoms with Crippen molar-refractivity contribution < 1.29 is 0 Å². The van der Waals surface area contributed by atoms with Gasteiger partial charge in [-0.15, -0.1) is 0 Å². The molecule has 0 aromatic carbocycles. The van der Waals surface area contributed by atoms with E-state index >= 15 is 0 Å². The maximum atomic E-state index is 4.10. The molecule has 0 radical (unpaired) electrons. The third-order valence-electron chi connectivity index (χ3n) is 1.82. The van der Waals surface area contributed by atoms with Crippen LogP contribution in [0.5, 0.6) is 0 Å². The quantitative estimate of drug-likeness (QED) is 0.638. The van der Waals surface area contributed by atoms with Gasteiger partial charge in [0, 0.05) is 31.0 Å². The fraction of sp³-hybridized carbons (Fsp3) is 0.375. The van der Waals surface area contributed by atoms with Gasteiger partial charge in [0.25, 0.3) is 0 Å². The molecule has 0 fully saturated rings. The Labute approximate surface area is 65.7 Å². The van der Waals surface area contributed by atoms with Gasteiger partial charge in [0.1, 0.15) is 0 Å². The van der Waals surface area contributed by atoms with Crippen molar-refractivity contribution in [2.24, 2.45) is 7.05 Å². The Kier molecular flexibility index (Phi) is 1.42. The molecule has 2 rings (SSSR count). The smallest absolute Gasteiger partial charge is 0.0582 e. The van der Waals surface area contributed by atoms with Crippen LogP contribution in [0.1, 0.15) is 12.0 Å². The van der Waals surface area contributed by atoms with Gasteiger partial charge in [-0.05, 0) is 6.42 Å².